The van der Waals surface area contributed by atoms with Crippen LogP contribution in [0.5, 0.6) is 0 Å². The first kappa shape index (κ1) is 15.8. The van der Waals surface area contributed by atoms with Crippen LogP contribution in [0.25, 0.3) is 0 Å². The van der Waals surface area contributed by atoms with E-state index in [4.69, 9.17) is 29.4 Å². The molecular weight excluding hydrogens is 278 g/mol. The quantitative estimate of drug-likeness (QED) is 0.584. The molecule has 0 saturated carbocycles. The number of hydrogen-bond acceptors (Lipinski definition) is 5. The molecule has 0 bridgehead atoms. The van der Waals surface area contributed by atoms with Gasteiger partial charge in [0.2, 0.25) is 11.8 Å². The van der Waals surface area contributed by atoms with E-state index in [0.29, 0.717) is 17.1 Å². The molecule has 0 atom stereocenters. The fourth-order valence-electron chi connectivity index (χ4n) is 1.93. The zero-order chi connectivity index (χ0) is 15.4. The number of anilines is 1. The highest BCUT2D eigenvalue weighted by Gasteiger charge is 2.20. The van der Waals surface area contributed by atoms with Crippen molar-refractivity contribution in [3.8, 4) is 0 Å². The average molecular weight is 295 g/mol. The molecule has 1 heterocycles. The third-order valence-corrected chi connectivity index (χ3v) is 2.77. The predicted octanol–water partition coefficient (Wildman–Crippen LogP) is -0.890. The monoisotopic (exact) mass is 295 g/mol. The van der Waals surface area contributed by atoms with Gasteiger partial charge in [-0.15, -0.1) is 0 Å². The molecule has 0 unspecified atom stereocenters. The second-order valence-electron chi connectivity index (χ2n) is 4.43. The number of carbonyl (C=O) groups excluding carboxylic acids is 2. The van der Waals surface area contributed by atoms with Crippen LogP contribution in [-0.4, -0.2) is 34.9 Å². The highest BCUT2D eigenvalue weighted by Crippen LogP contribution is 2.22. The Morgan fingerprint density at radius 3 is 2.10 bits per heavy atom. The Morgan fingerprint density at radius 1 is 1.20 bits per heavy atom. The largest absolute Gasteiger partial charge is 0.389 e. The van der Waals surface area contributed by atoms with Gasteiger partial charge in [-0.2, -0.15) is 0 Å². The van der Waals surface area contributed by atoms with Gasteiger partial charge in [0.15, 0.2) is 0 Å². The number of nitrogens with zero attached hydrogens (tertiary/aromatic N) is 2. The Hall–Kier alpha value is -2.22. The van der Waals surface area contributed by atoms with Crippen LogP contribution in [0.15, 0.2) is 6.07 Å². The standard InChI is InChI=1S/C12H17N5O2S/c1-6-3-7(2)16-12(10(6)11(15)20)17(4-8(13)18)5-9(14)19/h3H,4-5H2,1-2H3,(H2,13,18)(H2,14,19)(H2,15,20). The second-order valence-corrected chi connectivity index (χ2v) is 4.87. The lowest BCUT2D eigenvalue weighted by Crippen LogP contribution is -2.41. The van der Waals surface area contributed by atoms with E-state index in [-0.39, 0.29) is 18.1 Å². The van der Waals surface area contributed by atoms with E-state index >= 15 is 0 Å². The van der Waals surface area contributed by atoms with Crippen molar-refractivity contribution in [2.45, 2.75) is 13.8 Å². The third-order valence-electron chi connectivity index (χ3n) is 2.56. The summed E-state index contributed by atoms with van der Waals surface area (Å²) >= 11 is 5.01. The van der Waals surface area contributed by atoms with Crippen molar-refractivity contribution >= 4 is 34.8 Å². The molecule has 20 heavy (non-hydrogen) atoms. The minimum atomic E-state index is -0.610. The number of aryl methyl sites for hydroxylation is 2. The molecule has 1 rings (SSSR count). The van der Waals surface area contributed by atoms with Gasteiger partial charge in [0.1, 0.15) is 10.8 Å². The first-order chi connectivity index (χ1) is 9.22. The number of rotatable bonds is 6. The van der Waals surface area contributed by atoms with Crippen molar-refractivity contribution in [1.82, 2.24) is 4.98 Å². The fourth-order valence-corrected chi connectivity index (χ4v) is 2.18. The predicted molar refractivity (Wildman–Crippen MR) is 80.2 cm³/mol. The molecule has 0 aliphatic rings. The van der Waals surface area contributed by atoms with E-state index in [1.807, 2.05) is 13.0 Å². The summed E-state index contributed by atoms with van der Waals surface area (Å²) in [6.07, 6.45) is 0. The summed E-state index contributed by atoms with van der Waals surface area (Å²) in [5, 5.41) is 0. The zero-order valence-electron chi connectivity index (χ0n) is 11.3. The topological polar surface area (TPSA) is 128 Å². The van der Waals surface area contributed by atoms with E-state index in [9.17, 15) is 9.59 Å². The van der Waals surface area contributed by atoms with Crippen molar-refractivity contribution < 1.29 is 9.59 Å². The lowest BCUT2D eigenvalue weighted by atomic mass is 10.1. The van der Waals surface area contributed by atoms with E-state index < -0.39 is 11.8 Å². The number of primary amides is 2. The lowest BCUT2D eigenvalue weighted by molar-refractivity contribution is -0.117. The number of carbonyl (C=O) groups is 2. The number of amides is 2. The number of thiocarbonyl (C=S) groups is 1. The van der Waals surface area contributed by atoms with E-state index in [0.717, 1.165) is 5.56 Å². The molecule has 1 aromatic heterocycles. The molecule has 2 amide bonds. The molecule has 0 aliphatic carbocycles. The molecule has 0 aromatic carbocycles. The second kappa shape index (κ2) is 6.29. The number of pyridine rings is 1. The maximum atomic E-state index is 11.2. The van der Waals surface area contributed by atoms with Crippen LogP contribution in [0.2, 0.25) is 0 Å². The summed E-state index contributed by atoms with van der Waals surface area (Å²) in [6, 6.07) is 1.81. The van der Waals surface area contributed by atoms with Gasteiger partial charge in [-0.3, -0.25) is 9.59 Å². The minimum Gasteiger partial charge on any atom is -0.389 e. The Bertz CT molecular complexity index is 557. The van der Waals surface area contributed by atoms with Crippen molar-refractivity contribution in [2.75, 3.05) is 18.0 Å². The van der Waals surface area contributed by atoms with Gasteiger partial charge in [-0.05, 0) is 25.5 Å². The highest BCUT2D eigenvalue weighted by molar-refractivity contribution is 7.80. The van der Waals surface area contributed by atoms with E-state index in [1.165, 1.54) is 4.90 Å². The van der Waals surface area contributed by atoms with Gasteiger partial charge in [0.05, 0.1) is 18.7 Å². The minimum absolute atomic E-state index is 0.129. The number of aromatic nitrogens is 1. The molecule has 1 aromatic rings. The summed E-state index contributed by atoms with van der Waals surface area (Å²) in [7, 11) is 0. The molecule has 6 N–H and O–H groups in total. The van der Waals surface area contributed by atoms with Gasteiger partial charge < -0.3 is 22.1 Å². The Labute approximate surface area is 122 Å². The first-order valence-corrected chi connectivity index (χ1v) is 6.22. The SMILES string of the molecule is Cc1cc(C)c(C(N)=S)c(N(CC(N)=O)CC(N)=O)n1. The molecule has 108 valence electrons. The fraction of sp³-hybridized carbons (Fsp3) is 0.333. The Morgan fingerprint density at radius 2 is 1.70 bits per heavy atom. The van der Waals surface area contributed by atoms with Gasteiger partial charge in [0, 0.05) is 5.69 Å². The van der Waals surface area contributed by atoms with Crippen molar-refractivity contribution in [3.63, 3.8) is 0 Å². The van der Waals surface area contributed by atoms with E-state index in [2.05, 4.69) is 4.98 Å². The summed E-state index contributed by atoms with van der Waals surface area (Å²) in [5.74, 6) is -0.880. The maximum absolute atomic E-state index is 11.2. The van der Waals surface area contributed by atoms with Crippen LogP contribution in [0, 0.1) is 13.8 Å². The van der Waals surface area contributed by atoms with Crippen LogP contribution in [0.4, 0.5) is 5.82 Å². The van der Waals surface area contributed by atoms with Gasteiger partial charge >= 0.3 is 0 Å². The number of hydrogen-bond donors (Lipinski definition) is 3. The first-order valence-electron chi connectivity index (χ1n) is 5.82. The van der Waals surface area contributed by atoms with Crippen LogP contribution < -0.4 is 22.1 Å². The molecule has 0 fully saturated rings. The summed E-state index contributed by atoms with van der Waals surface area (Å²) < 4.78 is 0. The molecule has 7 nitrogen and oxygen atoms in total. The zero-order valence-corrected chi connectivity index (χ0v) is 12.2. The van der Waals surface area contributed by atoms with Crippen LogP contribution in [-0.2, 0) is 9.59 Å². The number of nitrogens with two attached hydrogens (primary N) is 3. The van der Waals surface area contributed by atoms with Gasteiger partial charge in [0.25, 0.3) is 0 Å². The third kappa shape index (κ3) is 3.89. The lowest BCUT2D eigenvalue weighted by Gasteiger charge is -2.24. The van der Waals surface area contributed by atoms with Gasteiger partial charge in [-0.1, -0.05) is 12.2 Å². The summed E-state index contributed by atoms with van der Waals surface area (Å²) in [5.41, 5.74) is 18.1. The molecule has 0 radical (unpaired) electrons. The maximum Gasteiger partial charge on any atom is 0.237 e. The van der Waals surface area contributed by atoms with Crippen molar-refractivity contribution in [3.05, 3.63) is 22.9 Å². The molecule has 0 saturated heterocycles. The summed E-state index contributed by atoms with van der Waals surface area (Å²) in [6.45, 7) is 3.20. The molecular formula is C12H17N5O2S. The van der Waals surface area contributed by atoms with Crippen LogP contribution >= 0.6 is 12.2 Å². The molecule has 0 aliphatic heterocycles. The highest BCUT2D eigenvalue weighted by atomic mass is 32.1. The van der Waals surface area contributed by atoms with Crippen LogP contribution in [0.3, 0.4) is 0 Å². The molecule has 0 spiro atoms. The van der Waals surface area contributed by atoms with Gasteiger partial charge in [-0.25, -0.2) is 4.98 Å². The Kier molecular flexibility index (Phi) is 4.98. The summed E-state index contributed by atoms with van der Waals surface area (Å²) in [4.78, 5) is 28.1. The van der Waals surface area contributed by atoms with Crippen molar-refractivity contribution in [2.24, 2.45) is 17.2 Å². The average Bonchev–Trinajstić information content (AvgIpc) is 2.24. The van der Waals surface area contributed by atoms with E-state index in [1.54, 1.807) is 6.92 Å². The van der Waals surface area contributed by atoms with Crippen molar-refractivity contribution in [1.29, 1.82) is 0 Å². The van der Waals surface area contributed by atoms with Crippen LogP contribution in [0.1, 0.15) is 16.8 Å². The molecule has 8 heteroatoms. The normalized spacial score (nSPS) is 10.1. The smallest absolute Gasteiger partial charge is 0.237 e. The Balaban J connectivity index is 3.40.